The molecule has 2 aliphatic heterocycles. The zero-order valence-corrected chi connectivity index (χ0v) is 14.4. The number of benzene rings is 1. The van der Waals surface area contributed by atoms with Gasteiger partial charge in [0, 0.05) is 18.8 Å². The molecule has 1 aromatic heterocycles. The Morgan fingerprint density at radius 1 is 1.04 bits per heavy atom. The summed E-state index contributed by atoms with van der Waals surface area (Å²) >= 11 is 0. The van der Waals surface area contributed by atoms with E-state index in [4.69, 9.17) is 5.73 Å². The standard InChI is InChI=1S/C18H16N4O4/c1-18(2)10-6-8(4-5-11(10)21(3)17(18)26)22-12(23)7-9-13(14(22)19)16(25)20-15(9)24/h4-7H,19H2,1-3H3,(H,20,24,25). The molecule has 0 saturated heterocycles. The highest BCUT2D eigenvalue weighted by Crippen LogP contribution is 2.41. The van der Waals surface area contributed by atoms with Gasteiger partial charge in [-0.05, 0) is 37.6 Å². The number of anilines is 2. The topological polar surface area (TPSA) is 114 Å². The molecular formula is C18H16N4O4. The van der Waals surface area contributed by atoms with E-state index in [2.05, 4.69) is 5.32 Å². The minimum atomic E-state index is -0.747. The quantitative estimate of drug-likeness (QED) is 0.728. The van der Waals surface area contributed by atoms with E-state index < -0.39 is 22.8 Å². The molecule has 0 atom stereocenters. The van der Waals surface area contributed by atoms with Crippen molar-refractivity contribution in [3.63, 3.8) is 0 Å². The molecule has 8 nitrogen and oxygen atoms in total. The number of nitrogens with two attached hydrogens (primary N) is 1. The minimum absolute atomic E-state index is 0.0115. The van der Waals surface area contributed by atoms with Gasteiger partial charge >= 0.3 is 0 Å². The lowest BCUT2D eigenvalue weighted by molar-refractivity contribution is -0.121. The summed E-state index contributed by atoms with van der Waals surface area (Å²) in [5.41, 5.74) is 6.69. The second-order valence-electron chi connectivity index (χ2n) is 6.97. The van der Waals surface area contributed by atoms with Gasteiger partial charge in [0.05, 0.1) is 22.2 Å². The molecule has 0 fully saturated rings. The van der Waals surface area contributed by atoms with E-state index in [1.54, 1.807) is 30.1 Å². The maximum absolute atomic E-state index is 12.6. The number of nitrogen functional groups attached to an aromatic ring is 1. The molecule has 0 radical (unpaired) electrons. The maximum Gasteiger partial charge on any atom is 0.262 e. The van der Waals surface area contributed by atoms with Crippen LogP contribution in [0.3, 0.4) is 0 Å². The molecule has 2 aliphatic rings. The third kappa shape index (κ3) is 1.83. The first-order valence-electron chi connectivity index (χ1n) is 7.99. The molecule has 3 amide bonds. The average Bonchev–Trinajstić information content (AvgIpc) is 2.95. The summed E-state index contributed by atoms with van der Waals surface area (Å²) in [5.74, 6) is -1.42. The number of aromatic nitrogens is 1. The van der Waals surface area contributed by atoms with Gasteiger partial charge in [0.1, 0.15) is 5.82 Å². The molecule has 0 bridgehead atoms. The third-order valence-electron chi connectivity index (χ3n) is 5.07. The Morgan fingerprint density at radius 3 is 2.42 bits per heavy atom. The molecule has 1 aromatic carbocycles. The molecule has 132 valence electrons. The van der Waals surface area contributed by atoms with Crippen LogP contribution in [0.5, 0.6) is 0 Å². The van der Waals surface area contributed by atoms with Crippen LogP contribution >= 0.6 is 0 Å². The van der Waals surface area contributed by atoms with E-state index in [-0.39, 0.29) is 22.9 Å². The highest BCUT2D eigenvalue weighted by molar-refractivity contribution is 6.23. The largest absolute Gasteiger partial charge is 0.384 e. The number of fused-ring (bicyclic) bond motifs is 2. The van der Waals surface area contributed by atoms with Crippen molar-refractivity contribution in [2.75, 3.05) is 17.7 Å². The number of amides is 3. The molecular weight excluding hydrogens is 336 g/mol. The van der Waals surface area contributed by atoms with Gasteiger partial charge in [-0.15, -0.1) is 0 Å². The van der Waals surface area contributed by atoms with Crippen LogP contribution in [-0.2, 0) is 10.2 Å². The van der Waals surface area contributed by atoms with Crippen molar-refractivity contribution in [3.05, 3.63) is 51.3 Å². The molecule has 26 heavy (non-hydrogen) atoms. The number of carbonyl (C=O) groups excluding carboxylic acids is 3. The third-order valence-corrected chi connectivity index (χ3v) is 5.07. The van der Waals surface area contributed by atoms with Crippen LogP contribution in [0.25, 0.3) is 5.69 Å². The summed E-state index contributed by atoms with van der Waals surface area (Å²) in [7, 11) is 1.70. The van der Waals surface area contributed by atoms with E-state index >= 15 is 0 Å². The normalized spacial score (nSPS) is 17.3. The zero-order chi connectivity index (χ0) is 19.0. The van der Waals surface area contributed by atoms with Crippen LogP contribution in [-0.4, -0.2) is 29.3 Å². The number of hydrogen-bond acceptors (Lipinski definition) is 5. The average molecular weight is 352 g/mol. The number of nitrogens with one attached hydrogen (secondary N) is 1. The number of imide groups is 1. The predicted molar refractivity (Wildman–Crippen MR) is 94.7 cm³/mol. The van der Waals surface area contributed by atoms with Gasteiger partial charge in [-0.25, -0.2) is 0 Å². The number of carbonyl (C=O) groups is 3. The van der Waals surface area contributed by atoms with E-state index in [0.29, 0.717) is 5.69 Å². The molecule has 0 saturated carbocycles. The fourth-order valence-electron chi connectivity index (χ4n) is 3.65. The fourth-order valence-corrected chi connectivity index (χ4v) is 3.65. The van der Waals surface area contributed by atoms with Gasteiger partial charge in [-0.1, -0.05) is 0 Å². The van der Waals surface area contributed by atoms with Crippen molar-refractivity contribution in [3.8, 4) is 5.69 Å². The van der Waals surface area contributed by atoms with Crippen molar-refractivity contribution in [1.29, 1.82) is 0 Å². The number of nitrogens with zero attached hydrogens (tertiary/aromatic N) is 2. The molecule has 3 N–H and O–H groups in total. The van der Waals surface area contributed by atoms with Crippen LogP contribution in [0.4, 0.5) is 11.5 Å². The lowest BCUT2D eigenvalue weighted by atomic mass is 9.86. The smallest absolute Gasteiger partial charge is 0.262 e. The SMILES string of the molecule is CN1C(=O)C(C)(C)c2cc(-n3c(N)c4c(cc3=O)C(=O)NC4=O)ccc21. The molecule has 0 unspecified atom stereocenters. The van der Waals surface area contributed by atoms with E-state index in [0.717, 1.165) is 17.3 Å². The first-order chi connectivity index (χ1) is 12.1. The van der Waals surface area contributed by atoms with Crippen LogP contribution < -0.4 is 21.5 Å². The summed E-state index contributed by atoms with van der Waals surface area (Å²) < 4.78 is 1.18. The van der Waals surface area contributed by atoms with Gasteiger partial charge in [0.15, 0.2) is 0 Å². The van der Waals surface area contributed by atoms with Crippen molar-refractivity contribution < 1.29 is 14.4 Å². The first kappa shape index (κ1) is 16.1. The van der Waals surface area contributed by atoms with Crippen molar-refractivity contribution >= 4 is 29.2 Å². The number of rotatable bonds is 1. The van der Waals surface area contributed by atoms with Crippen molar-refractivity contribution in [2.45, 2.75) is 19.3 Å². The molecule has 3 heterocycles. The molecule has 4 rings (SSSR count). The van der Waals surface area contributed by atoms with Gasteiger partial charge in [-0.3, -0.25) is 29.1 Å². The van der Waals surface area contributed by atoms with Gasteiger partial charge in [0.25, 0.3) is 17.4 Å². The van der Waals surface area contributed by atoms with Crippen LogP contribution in [0.15, 0.2) is 29.1 Å². The van der Waals surface area contributed by atoms with Crippen LogP contribution in [0.1, 0.15) is 40.1 Å². The lowest BCUT2D eigenvalue weighted by Gasteiger charge is -2.17. The van der Waals surface area contributed by atoms with Gasteiger partial charge in [-0.2, -0.15) is 0 Å². The molecule has 0 aliphatic carbocycles. The lowest BCUT2D eigenvalue weighted by Crippen LogP contribution is -2.33. The number of pyridine rings is 1. The second-order valence-corrected chi connectivity index (χ2v) is 6.97. The first-order valence-corrected chi connectivity index (χ1v) is 7.99. The Morgan fingerprint density at radius 2 is 1.73 bits per heavy atom. The second kappa shape index (κ2) is 4.81. The summed E-state index contributed by atoms with van der Waals surface area (Å²) in [4.78, 5) is 50.3. The Bertz CT molecular complexity index is 1100. The fraction of sp³-hybridized carbons (Fsp3) is 0.222. The summed E-state index contributed by atoms with van der Waals surface area (Å²) in [6.45, 7) is 3.62. The Hall–Kier alpha value is -3.42. The Labute approximate surface area is 148 Å². The Kier molecular flexibility index (Phi) is 2.97. The van der Waals surface area contributed by atoms with Crippen LogP contribution in [0, 0.1) is 0 Å². The summed E-state index contributed by atoms with van der Waals surface area (Å²) in [5, 5.41) is 2.13. The van der Waals surface area contributed by atoms with E-state index in [9.17, 15) is 19.2 Å². The summed E-state index contributed by atoms with van der Waals surface area (Å²) in [6, 6.07) is 6.21. The highest BCUT2D eigenvalue weighted by Gasteiger charge is 2.42. The minimum Gasteiger partial charge on any atom is -0.384 e. The van der Waals surface area contributed by atoms with E-state index in [1.165, 1.54) is 4.57 Å². The molecule has 2 aromatic rings. The maximum atomic E-state index is 12.6. The molecule has 8 heteroatoms. The number of likely N-dealkylation sites (N-methyl/N-ethyl adjacent to an activating group) is 1. The number of hydrogen-bond donors (Lipinski definition) is 2. The van der Waals surface area contributed by atoms with E-state index in [1.807, 2.05) is 13.8 Å². The Balaban J connectivity index is 1.98. The summed E-state index contributed by atoms with van der Waals surface area (Å²) in [6.07, 6.45) is 0. The molecule has 0 spiro atoms. The van der Waals surface area contributed by atoms with Crippen molar-refractivity contribution in [1.82, 2.24) is 9.88 Å². The monoisotopic (exact) mass is 352 g/mol. The zero-order valence-electron chi connectivity index (χ0n) is 14.4. The van der Waals surface area contributed by atoms with Gasteiger partial charge < -0.3 is 10.6 Å². The van der Waals surface area contributed by atoms with Crippen molar-refractivity contribution in [2.24, 2.45) is 0 Å². The van der Waals surface area contributed by atoms with Gasteiger partial charge in [0.2, 0.25) is 5.91 Å². The van der Waals surface area contributed by atoms with Crippen LogP contribution in [0.2, 0.25) is 0 Å². The highest BCUT2D eigenvalue weighted by atomic mass is 16.2. The predicted octanol–water partition coefficient (Wildman–Crippen LogP) is 0.557.